The lowest BCUT2D eigenvalue weighted by Crippen LogP contribution is -2.50. The van der Waals surface area contributed by atoms with Crippen molar-refractivity contribution in [1.29, 1.82) is 5.26 Å². The van der Waals surface area contributed by atoms with Gasteiger partial charge in [-0.05, 0) is 56.0 Å². The highest BCUT2D eigenvalue weighted by Gasteiger charge is 2.29. The van der Waals surface area contributed by atoms with E-state index in [0.717, 1.165) is 55.7 Å². The maximum absolute atomic E-state index is 12.7. The van der Waals surface area contributed by atoms with Crippen molar-refractivity contribution >= 4 is 6.03 Å². The van der Waals surface area contributed by atoms with Crippen molar-refractivity contribution in [2.24, 2.45) is 0 Å². The molecule has 5 rings (SSSR count). The first-order chi connectivity index (χ1) is 17.0. The van der Waals surface area contributed by atoms with Gasteiger partial charge in [0.05, 0.1) is 17.7 Å². The fraction of sp³-hybridized carbons (Fsp3) is 0.385. The number of hydrogen-bond acceptors (Lipinski definition) is 7. The highest BCUT2D eigenvalue weighted by atomic mass is 16.5. The van der Waals surface area contributed by atoms with Crippen molar-refractivity contribution in [2.45, 2.75) is 38.8 Å². The van der Waals surface area contributed by atoms with Crippen molar-refractivity contribution in [3.05, 3.63) is 53.1 Å². The number of nitrogens with one attached hydrogen (secondary N) is 2. The van der Waals surface area contributed by atoms with Crippen molar-refractivity contribution in [2.75, 3.05) is 26.2 Å². The zero-order chi connectivity index (χ0) is 24.4. The molecule has 0 radical (unpaired) electrons. The fourth-order valence-electron chi connectivity index (χ4n) is 4.68. The number of amides is 2. The first-order valence-electron chi connectivity index (χ1n) is 12.0. The summed E-state index contributed by atoms with van der Waals surface area (Å²) in [4.78, 5) is 19.2. The molecule has 1 saturated heterocycles. The van der Waals surface area contributed by atoms with Crippen molar-refractivity contribution in [3.63, 3.8) is 0 Å². The number of nitriles is 1. The molecule has 1 unspecified atom stereocenters. The Bertz CT molecular complexity index is 1270. The maximum atomic E-state index is 12.7. The Morgan fingerprint density at radius 2 is 2.11 bits per heavy atom. The molecule has 1 atom stereocenters. The average molecular weight is 473 g/mol. The van der Waals surface area contributed by atoms with Crippen LogP contribution in [0.25, 0.3) is 22.8 Å². The summed E-state index contributed by atoms with van der Waals surface area (Å²) in [6.45, 7) is 6.91. The van der Waals surface area contributed by atoms with Crippen LogP contribution in [-0.4, -0.2) is 53.4 Å². The van der Waals surface area contributed by atoms with E-state index in [1.165, 1.54) is 0 Å². The molecule has 2 heterocycles. The second-order valence-electron chi connectivity index (χ2n) is 9.06. The van der Waals surface area contributed by atoms with Crippen LogP contribution in [0, 0.1) is 11.3 Å². The Morgan fingerprint density at radius 3 is 2.89 bits per heavy atom. The van der Waals surface area contributed by atoms with Gasteiger partial charge in [0.15, 0.2) is 0 Å². The second-order valence-corrected chi connectivity index (χ2v) is 9.06. The van der Waals surface area contributed by atoms with Gasteiger partial charge >= 0.3 is 6.03 Å². The Balaban J connectivity index is 1.37. The van der Waals surface area contributed by atoms with Crippen LogP contribution in [0.3, 0.4) is 0 Å². The molecule has 9 nitrogen and oxygen atoms in total. The Labute approximate surface area is 204 Å². The van der Waals surface area contributed by atoms with Crippen LogP contribution < -0.4 is 15.4 Å². The maximum Gasteiger partial charge on any atom is 0.317 e. The van der Waals surface area contributed by atoms with Gasteiger partial charge in [0.2, 0.25) is 5.82 Å². The standard InChI is InChI=1S/C26H28N6O3/c1-16(2)34-23-9-6-17(14-18(23)15-27)25-30-24(31-35-25)21-5-3-4-20-19(21)7-8-22(20)29-26(33)32-12-10-28-11-13-32/h3-6,9,14,16,22,28H,7-8,10-13H2,1-2H3,(H,29,33). The van der Waals surface area contributed by atoms with Gasteiger partial charge in [-0.2, -0.15) is 10.2 Å². The number of hydrogen-bond donors (Lipinski definition) is 2. The zero-order valence-corrected chi connectivity index (χ0v) is 19.9. The number of aromatic nitrogens is 2. The van der Waals surface area contributed by atoms with Crippen LogP contribution in [0.5, 0.6) is 5.75 Å². The number of benzene rings is 2. The van der Waals surface area contributed by atoms with Gasteiger partial charge in [-0.1, -0.05) is 23.4 Å². The summed E-state index contributed by atoms with van der Waals surface area (Å²) in [6.07, 6.45) is 1.62. The monoisotopic (exact) mass is 472 g/mol. The predicted molar refractivity (Wildman–Crippen MR) is 130 cm³/mol. The summed E-state index contributed by atoms with van der Waals surface area (Å²) in [5.41, 5.74) is 4.20. The molecule has 0 bridgehead atoms. The SMILES string of the molecule is CC(C)Oc1ccc(-c2nc(-c3cccc4c3CCC4NC(=O)N3CCNCC3)no2)cc1C#N. The first kappa shape index (κ1) is 22.9. The molecular weight excluding hydrogens is 444 g/mol. The minimum atomic E-state index is -0.0367. The highest BCUT2D eigenvalue weighted by Crippen LogP contribution is 2.37. The number of rotatable bonds is 5. The van der Waals surface area contributed by atoms with Crippen LogP contribution >= 0.6 is 0 Å². The molecule has 35 heavy (non-hydrogen) atoms. The molecule has 2 N–H and O–H groups in total. The lowest BCUT2D eigenvalue weighted by Gasteiger charge is -2.29. The minimum absolute atomic E-state index is 0.0187. The van der Waals surface area contributed by atoms with Crippen molar-refractivity contribution in [3.8, 4) is 34.7 Å². The minimum Gasteiger partial charge on any atom is -0.490 e. The van der Waals surface area contributed by atoms with Crippen molar-refractivity contribution in [1.82, 2.24) is 25.7 Å². The molecule has 0 saturated carbocycles. The molecular formula is C26H28N6O3. The van der Waals surface area contributed by atoms with E-state index >= 15 is 0 Å². The molecule has 3 aromatic rings. The quantitative estimate of drug-likeness (QED) is 0.582. The van der Waals surface area contributed by atoms with Crippen LogP contribution in [0.2, 0.25) is 0 Å². The number of carbonyl (C=O) groups excluding carboxylic acids is 1. The molecule has 180 valence electrons. The van der Waals surface area contributed by atoms with Crippen LogP contribution in [-0.2, 0) is 6.42 Å². The van der Waals surface area contributed by atoms with Crippen molar-refractivity contribution < 1.29 is 14.1 Å². The Kier molecular flexibility index (Phi) is 6.38. The normalized spacial score (nSPS) is 17.2. The summed E-state index contributed by atoms with van der Waals surface area (Å²) < 4.78 is 11.3. The molecule has 9 heteroatoms. The van der Waals surface area contributed by atoms with E-state index in [9.17, 15) is 10.1 Å². The average Bonchev–Trinajstić information content (AvgIpc) is 3.52. The van der Waals surface area contributed by atoms with E-state index in [4.69, 9.17) is 9.26 Å². The molecule has 1 fully saturated rings. The molecule has 1 aliphatic carbocycles. The second kappa shape index (κ2) is 9.76. The smallest absolute Gasteiger partial charge is 0.317 e. The number of piperazine rings is 1. The largest absolute Gasteiger partial charge is 0.490 e. The molecule has 2 amide bonds. The molecule has 0 spiro atoms. The summed E-state index contributed by atoms with van der Waals surface area (Å²) >= 11 is 0. The van der Waals surface area contributed by atoms with E-state index in [1.807, 2.05) is 36.9 Å². The number of nitrogens with zero attached hydrogens (tertiary/aromatic N) is 4. The van der Waals surface area contributed by atoms with E-state index in [1.54, 1.807) is 12.1 Å². The third-order valence-corrected chi connectivity index (χ3v) is 6.35. The highest BCUT2D eigenvalue weighted by molar-refractivity contribution is 5.76. The fourth-order valence-corrected chi connectivity index (χ4v) is 4.68. The Hall–Kier alpha value is -3.90. The summed E-state index contributed by atoms with van der Waals surface area (Å²) in [6, 6.07) is 13.4. The van der Waals surface area contributed by atoms with Gasteiger partial charge in [-0.15, -0.1) is 0 Å². The number of carbonyl (C=O) groups is 1. The van der Waals surface area contributed by atoms with E-state index in [0.29, 0.717) is 28.6 Å². The van der Waals surface area contributed by atoms with Crippen LogP contribution in [0.15, 0.2) is 40.9 Å². The van der Waals surface area contributed by atoms with Gasteiger partial charge in [0, 0.05) is 37.3 Å². The summed E-state index contributed by atoms with van der Waals surface area (Å²) in [7, 11) is 0. The lowest BCUT2D eigenvalue weighted by molar-refractivity contribution is 0.186. The predicted octanol–water partition coefficient (Wildman–Crippen LogP) is 3.66. The van der Waals surface area contributed by atoms with Gasteiger partial charge in [0.1, 0.15) is 11.8 Å². The molecule has 2 aliphatic rings. The number of ether oxygens (including phenoxy) is 1. The number of urea groups is 1. The molecule has 1 aliphatic heterocycles. The third kappa shape index (κ3) is 4.70. The third-order valence-electron chi connectivity index (χ3n) is 6.35. The zero-order valence-electron chi connectivity index (χ0n) is 19.9. The summed E-state index contributed by atoms with van der Waals surface area (Å²) in [5.74, 6) is 1.36. The van der Waals surface area contributed by atoms with Gasteiger partial charge < -0.3 is 24.8 Å². The van der Waals surface area contributed by atoms with Gasteiger partial charge in [-0.3, -0.25) is 0 Å². The van der Waals surface area contributed by atoms with Gasteiger partial charge in [-0.25, -0.2) is 4.79 Å². The summed E-state index contributed by atoms with van der Waals surface area (Å²) in [5, 5.41) is 20.2. The van der Waals surface area contributed by atoms with E-state index < -0.39 is 0 Å². The number of fused-ring (bicyclic) bond motifs is 1. The lowest BCUT2D eigenvalue weighted by atomic mass is 10.0. The Morgan fingerprint density at radius 1 is 1.29 bits per heavy atom. The first-order valence-corrected chi connectivity index (χ1v) is 12.0. The topological polar surface area (TPSA) is 116 Å². The van der Waals surface area contributed by atoms with Gasteiger partial charge in [0.25, 0.3) is 5.89 Å². The van der Waals surface area contributed by atoms with E-state index in [2.05, 4.69) is 32.9 Å². The van der Waals surface area contributed by atoms with Crippen LogP contribution in [0.1, 0.15) is 43.0 Å². The molecule has 1 aromatic heterocycles. The molecule has 2 aromatic carbocycles. The van der Waals surface area contributed by atoms with E-state index in [-0.39, 0.29) is 18.2 Å². The van der Waals surface area contributed by atoms with Crippen LogP contribution in [0.4, 0.5) is 4.79 Å².